The third-order valence-electron chi connectivity index (χ3n) is 3.10. The molecule has 1 aromatic rings. The minimum atomic E-state index is -0.511. The van der Waals surface area contributed by atoms with Crippen LogP contribution in [0.2, 0.25) is 0 Å². The van der Waals surface area contributed by atoms with E-state index in [0.717, 1.165) is 5.56 Å². The summed E-state index contributed by atoms with van der Waals surface area (Å²) in [6.45, 7) is 10.0. The maximum Gasteiger partial charge on any atom is 0.254 e. The van der Waals surface area contributed by atoms with Gasteiger partial charge in [-0.05, 0) is 57.9 Å². The zero-order chi connectivity index (χ0) is 13.9. The molecule has 0 spiro atoms. The number of aryl methyl sites for hydroxylation is 2. The van der Waals surface area contributed by atoms with Crippen LogP contribution in [0.5, 0.6) is 0 Å². The Bertz CT molecular complexity index is 425. The largest absolute Gasteiger partial charge is 0.392 e. The fraction of sp³-hybridized carbons (Fsp3) is 0.533. The molecule has 0 aromatic heterocycles. The first-order chi connectivity index (χ1) is 8.32. The van der Waals surface area contributed by atoms with Crippen molar-refractivity contribution in [3.8, 4) is 0 Å². The smallest absolute Gasteiger partial charge is 0.254 e. The van der Waals surface area contributed by atoms with Crippen molar-refractivity contribution in [1.82, 2.24) is 4.90 Å². The quantitative estimate of drug-likeness (QED) is 0.890. The van der Waals surface area contributed by atoms with E-state index in [1.54, 1.807) is 11.8 Å². The van der Waals surface area contributed by atoms with Crippen molar-refractivity contribution in [2.75, 3.05) is 6.54 Å². The molecule has 0 radical (unpaired) electrons. The van der Waals surface area contributed by atoms with E-state index in [9.17, 15) is 9.90 Å². The van der Waals surface area contributed by atoms with Gasteiger partial charge in [-0.25, -0.2) is 0 Å². The van der Waals surface area contributed by atoms with Crippen LogP contribution in [0.15, 0.2) is 18.2 Å². The minimum absolute atomic E-state index is 0.0194. The molecule has 1 aromatic carbocycles. The van der Waals surface area contributed by atoms with Crippen LogP contribution < -0.4 is 0 Å². The number of hydrogen-bond acceptors (Lipinski definition) is 2. The van der Waals surface area contributed by atoms with Gasteiger partial charge >= 0.3 is 0 Å². The highest BCUT2D eigenvalue weighted by Crippen LogP contribution is 2.14. The Balaban J connectivity index is 2.98. The molecule has 18 heavy (non-hydrogen) atoms. The van der Waals surface area contributed by atoms with E-state index in [-0.39, 0.29) is 11.9 Å². The number of amides is 1. The number of aliphatic hydroxyl groups excluding tert-OH is 1. The summed E-state index contributed by atoms with van der Waals surface area (Å²) in [4.78, 5) is 14.1. The Hall–Kier alpha value is -1.35. The second-order valence-electron chi connectivity index (χ2n) is 5.20. The summed E-state index contributed by atoms with van der Waals surface area (Å²) in [7, 11) is 0. The molecule has 0 saturated carbocycles. The van der Waals surface area contributed by atoms with Crippen molar-refractivity contribution in [1.29, 1.82) is 0 Å². The Morgan fingerprint density at radius 1 is 1.22 bits per heavy atom. The Kier molecular flexibility index (Phi) is 4.91. The normalized spacial score (nSPS) is 12.6. The van der Waals surface area contributed by atoms with E-state index in [2.05, 4.69) is 0 Å². The van der Waals surface area contributed by atoms with Crippen molar-refractivity contribution < 1.29 is 9.90 Å². The summed E-state index contributed by atoms with van der Waals surface area (Å²) in [6, 6.07) is 5.80. The van der Waals surface area contributed by atoms with Gasteiger partial charge in [-0.1, -0.05) is 6.07 Å². The second-order valence-corrected chi connectivity index (χ2v) is 5.20. The van der Waals surface area contributed by atoms with Crippen LogP contribution in [-0.2, 0) is 0 Å². The van der Waals surface area contributed by atoms with E-state index >= 15 is 0 Å². The Morgan fingerprint density at radius 2 is 1.83 bits per heavy atom. The minimum Gasteiger partial charge on any atom is -0.392 e. The molecule has 100 valence electrons. The van der Waals surface area contributed by atoms with E-state index in [1.165, 1.54) is 5.56 Å². The predicted molar refractivity (Wildman–Crippen MR) is 73.8 cm³/mol. The lowest BCUT2D eigenvalue weighted by atomic mass is 10.0. The number of hydrogen-bond donors (Lipinski definition) is 1. The summed E-state index contributed by atoms with van der Waals surface area (Å²) in [5.74, 6) is -0.0194. The van der Waals surface area contributed by atoms with Gasteiger partial charge in [-0.2, -0.15) is 0 Å². The molecule has 1 N–H and O–H groups in total. The lowest BCUT2D eigenvalue weighted by molar-refractivity contribution is 0.0578. The third-order valence-corrected chi connectivity index (χ3v) is 3.10. The fourth-order valence-electron chi connectivity index (χ4n) is 1.85. The van der Waals surface area contributed by atoms with E-state index in [4.69, 9.17) is 0 Å². The first-order valence-electron chi connectivity index (χ1n) is 6.39. The molecular weight excluding hydrogens is 226 g/mol. The molecule has 1 atom stereocenters. The molecule has 3 nitrogen and oxygen atoms in total. The van der Waals surface area contributed by atoms with Crippen LogP contribution in [-0.4, -0.2) is 34.6 Å². The first-order valence-corrected chi connectivity index (χ1v) is 6.39. The third kappa shape index (κ3) is 3.57. The molecule has 0 bridgehead atoms. The lowest BCUT2D eigenvalue weighted by Crippen LogP contribution is -2.41. The molecule has 0 heterocycles. The van der Waals surface area contributed by atoms with Gasteiger partial charge in [0.05, 0.1) is 6.10 Å². The summed E-state index contributed by atoms with van der Waals surface area (Å²) >= 11 is 0. The molecule has 0 fully saturated rings. The van der Waals surface area contributed by atoms with Crippen molar-refractivity contribution in [3.63, 3.8) is 0 Å². The highest BCUT2D eigenvalue weighted by Gasteiger charge is 2.20. The summed E-state index contributed by atoms with van der Waals surface area (Å²) in [5.41, 5.74) is 2.98. The highest BCUT2D eigenvalue weighted by molar-refractivity contribution is 5.94. The molecule has 0 saturated heterocycles. The number of nitrogens with zero attached hydrogens (tertiary/aromatic N) is 1. The van der Waals surface area contributed by atoms with Gasteiger partial charge in [0.1, 0.15) is 0 Å². The van der Waals surface area contributed by atoms with Crippen LogP contribution in [0.25, 0.3) is 0 Å². The van der Waals surface area contributed by atoms with Gasteiger partial charge in [0.15, 0.2) is 0 Å². The fourth-order valence-corrected chi connectivity index (χ4v) is 1.85. The topological polar surface area (TPSA) is 40.5 Å². The number of carbonyl (C=O) groups is 1. The number of aliphatic hydroxyl groups is 1. The van der Waals surface area contributed by atoms with Crippen molar-refractivity contribution in [3.05, 3.63) is 34.9 Å². The molecule has 0 aliphatic rings. The summed E-state index contributed by atoms with van der Waals surface area (Å²) < 4.78 is 0. The Labute approximate surface area is 109 Å². The van der Waals surface area contributed by atoms with Crippen molar-refractivity contribution in [2.24, 2.45) is 0 Å². The van der Waals surface area contributed by atoms with Crippen molar-refractivity contribution >= 4 is 5.91 Å². The summed E-state index contributed by atoms with van der Waals surface area (Å²) in [6.07, 6.45) is -0.511. The zero-order valence-corrected chi connectivity index (χ0v) is 11.9. The standard InChI is InChI=1S/C15H23NO2/c1-10(2)16(9-13(5)17)15(18)14-7-6-11(3)12(4)8-14/h6-8,10,13,17H,9H2,1-5H3. The first kappa shape index (κ1) is 14.7. The van der Waals surface area contributed by atoms with Crippen molar-refractivity contribution in [2.45, 2.75) is 46.8 Å². The van der Waals surface area contributed by atoms with Gasteiger partial charge in [0.25, 0.3) is 5.91 Å². The predicted octanol–water partition coefficient (Wildman–Crippen LogP) is 2.53. The maximum atomic E-state index is 12.4. The van der Waals surface area contributed by atoms with E-state index in [0.29, 0.717) is 12.1 Å². The van der Waals surface area contributed by atoms with E-state index in [1.807, 2.05) is 45.9 Å². The average molecular weight is 249 g/mol. The Morgan fingerprint density at radius 3 is 2.28 bits per heavy atom. The lowest BCUT2D eigenvalue weighted by Gasteiger charge is -2.28. The molecule has 0 aliphatic heterocycles. The SMILES string of the molecule is Cc1ccc(C(=O)N(CC(C)O)C(C)C)cc1C. The van der Waals surface area contributed by atoms with Crippen LogP contribution in [0.3, 0.4) is 0 Å². The average Bonchev–Trinajstić information content (AvgIpc) is 2.28. The summed E-state index contributed by atoms with van der Waals surface area (Å²) in [5, 5.41) is 9.47. The van der Waals surface area contributed by atoms with Gasteiger partial charge in [-0.3, -0.25) is 4.79 Å². The number of benzene rings is 1. The maximum absolute atomic E-state index is 12.4. The number of carbonyl (C=O) groups excluding carboxylic acids is 1. The van der Waals surface area contributed by atoms with Crippen LogP contribution in [0.1, 0.15) is 42.3 Å². The molecule has 1 rings (SSSR count). The van der Waals surface area contributed by atoms with Gasteiger partial charge in [0, 0.05) is 18.2 Å². The van der Waals surface area contributed by atoms with Crippen LogP contribution >= 0.6 is 0 Å². The monoisotopic (exact) mass is 249 g/mol. The molecule has 1 amide bonds. The van der Waals surface area contributed by atoms with Gasteiger partial charge < -0.3 is 10.0 Å². The van der Waals surface area contributed by atoms with Crippen LogP contribution in [0.4, 0.5) is 0 Å². The van der Waals surface area contributed by atoms with Gasteiger partial charge in [-0.15, -0.1) is 0 Å². The van der Waals surface area contributed by atoms with Crippen LogP contribution in [0, 0.1) is 13.8 Å². The number of rotatable bonds is 4. The molecule has 3 heteroatoms. The van der Waals surface area contributed by atoms with E-state index < -0.39 is 6.10 Å². The molecule has 1 unspecified atom stereocenters. The molecular formula is C15H23NO2. The highest BCUT2D eigenvalue weighted by atomic mass is 16.3. The molecule has 0 aliphatic carbocycles. The van der Waals surface area contributed by atoms with Gasteiger partial charge in [0.2, 0.25) is 0 Å². The second kappa shape index (κ2) is 6.01. The zero-order valence-electron chi connectivity index (χ0n) is 11.9.